The number of Topliss-reactive ketones (excluding diaryl/α,β-unsaturated/α-hetero) is 1. The van der Waals surface area contributed by atoms with Gasteiger partial charge in [-0.05, 0) is 72.6 Å². The fourth-order valence-electron chi connectivity index (χ4n) is 5.52. The number of nitrogens with one attached hydrogen (secondary N) is 1. The molecule has 214 valence electrons. The summed E-state index contributed by atoms with van der Waals surface area (Å²) in [5.41, 5.74) is 6.97. The number of carbonyl (C=O) groups is 3. The predicted octanol–water partition coefficient (Wildman–Crippen LogP) is 5.55. The highest BCUT2D eigenvalue weighted by Gasteiger charge is 2.24. The lowest BCUT2D eigenvalue weighted by Crippen LogP contribution is -2.37. The van der Waals surface area contributed by atoms with Gasteiger partial charge in [-0.15, -0.1) is 0 Å². The molecule has 2 aromatic heterocycles. The molecular formula is C33H31FN4O4. The van der Waals surface area contributed by atoms with Crippen LogP contribution in [0.15, 0.2) is 54.9 Å². The molecule has 0 radical (unpaired) electrons. The molecule has 2 aliphatic rings. The fraction of sp³-hybridized carbons (Fsp3) is 0.303. The Hall–Kier alpha value is -4.66. The number of rotatable bonds is 8. The summed E-state index contributed by atoms with van der Waals surface area (Å²) in [7, 11) is 0. The second kappa shape index (κ2) is 11.3. The average Bonchev–Trinajstić information content (AvgIpc) is 3.75. The van der Waals surface area contributed by atoms with E-state index in [-0.39, 0.29) is 24.7 Å². The molecule has 8 nitrogen and oxygen atoms in total. The first-order chi connectivity index (χ1) is 20.3. The van der Waals surface area contributed by atoms with Gasteiger partial charge < -0.3 is 14.6 Å². The van der Waals surface area contributed by atoms with Crippen LogP contribution in [0.1, 0.15) is 64.8 Å². The van der Waals surface area contributed by atoms with Crippen LogP contribution in [0.25, 0.3) is 27.9 Å². The van der Waals surface area contributed by atoms with Crippen molar-refractivity contribution in [1.29, 1.82) is 0 Å². The second-order valence-corrected chi connectivity index (χ2v) is 11.0. The minimum atomic E-state index is -0.489. The molecule has 1 aliphatic carbocycles. The topological polar surface area (TPSA) is 105 Å². The quantitative estimate of drug-likeness (QED) is 0.221. The number of hydrogen-bond donors (Lipinski definition) is 1. The molecule has 1 fully saturated rings. The van der Waals surface area contributed by atoms with Crippen molar-refractivity contribution in [3.8, 4) is 11.3 Å². The lowest BCUT2D eigenvalue weighted by atomic mass is 9.93. The molecule has 1 amide bonds. The number of ketones is 1. The summed E-state index contributed by atoms with van der Waals surface area (Å²) in [6.07, 6.45) is 6.50. The van der Waals surface area contributed by atoms with Crippen LogP contribution in [0.5, 0.6) is 0 Å². The maximum Gasteiger partial charge on any atom is 0.303 e. The van der Waals surface area contributed by atoms with Crippen LogP contribution in [-0.2, 0) is 20.7 Å². The molecule has 0 spiro atoms. The van der Waals surface area contributed by atoms with E-state index >= 15 is 0 Å². The number of esters is 1. The highest BCUT2D eigenvalue weighted by Crippen LogP contribution is 2.40. The van der Waals surface area contributed by atoms with Crippen molar-refractivity contribution in [2.45, 2.75) is 45.4 Å². The molecule has 0 atom stereocenters. The number of aromatic nitrogens is 3. The van der Waals surface area contributed by atoms with Crippen molar-refractivity contribution in [1.82, 2.24) is 19.9 Å². The third kappa shape index (κ3) is 5.72. The van der Waals surface area contributed by atoms with E-state index in [2.05, 4.69) is 15.0 Å². The molecule has 0 unspecified atom stereocenters. The number of amides is 1. The molecule has 1 N–H and O–H groups in total. The first-order valence-corrected chi connectivity index (χ1v) is 14.1. The Morgan fingerprint density at radius 3 is 2.57 bits per heavy atom. The Kier molecular flexibility index (Phi) is 7.41. The number of benzene rings is 2. The second-order valence-electron chi connectivity index (χ2n) is 11.0. The summed E-state index contributed by atoms with van der Waals surface area (Å²) in [5.74, 6) is -0.599. The van der Waals surface area contributed by atoms with Crippen LogP contribution >= 0.6 is 0 Å². The van der Waals surface area contributed by atoms with Crippen molar-refractivity contribution >= 4 is 34.3 Å². The van der Waals surface area contributed by atoms with E-state index in [9.17, 15) is 18.8 Å². The summed E-state index contributed by atoms with van der Waals surface area (Å²) in [5, 5.41) is 0.739. The Balaban J connectivity index is 1.25. The number of nitrogens with zero attached hydrogens (tertiary/aromatic N) is 3. The molecule has 42 heavy (non-hydrogen) atoms. The summed E-state index contributed by atoms with van der Waals surface area (Å²) in [6, 6.07) is 12.6. The summed E-state index contributed by atoms with van der Waals surface area (Å²) in [6.45, 7) is 3.78. The fourth-order valence-corrected chi connectivity index (χ4v) is 5.52. The zero-order valence-corrected chi connectivity index (χ0v) is 23.6. The largest absolute Gasteiger partial charge is 0.456 e. The van der Waals surface area contributed by atoms with Crippen molar-refractivity contribution in [2.24, 2.45) is 0 Å². The number of ether oxygens (including phenoxy) is 1. The van der Waals surface area contributed by atoms with Crippen molar-refractivity contribution in [2.75, 3.05) is 19.7 Å². The standard InChI is InChI=1S/C33H31FN4O4/c1-19-25(14-30(40)24-7-5-22(6-8-24)21-3-4-21)13-26(34)15-27(19)32-28-16-29(37-33(28)36-18-35-32)23-9-11-38(12-10-23)31(41)17-42-20(2)39/h5-9,13,15-16,18,21H,3-4,10-12,14,17H2,1-2H3,(H,35,36,37). The van der Waals surface area contributed by atoms with Gasteiger partial charge in [-0.1, -0.05) is 30.3 Å². The Morgan fingerprint density at radius 2 is 1.88 bits per heavy atom. The maximum atomic E-state index is 15.0. The van der Waals surface area contributed by atoms with E-state index in [1.165, 1.54) is 43.8 Å². The van der Waals surface area contributed by atoms with Gasteiger partial charge in [0.25, 0.3) is 5.91 Å². The third-order valence-electron chi connectivity index (χ3n) is 8.10. The van der Waals surface area contributed by atoms with Gasteiger partial charge in [0.2, 0.25) is 0 Å². The van der Waals surface area contributed by atoms with Gasteiger partial charge in [-0.3, -0.25) is 14.4 Å². The van der Waals surface area contributed by atoms with E-state index in [1.807, 2.05) is 43.3 Å². The predicted molar refractivity (Wildman–Crippen MR) is 156 cm³/mol. The van der Waals surface area contributed by atoms with Crippen molar-refractivity contribution in [3.63, 3.8) is 0 Å². The highest BCUT2D eigenvalue weighted by molar-refractivity contribution is 5.99. The zero-order valence-electron chi connectivity index (χ0n) is 23.6. The minimum absolute atomic E-state index is 0.0571. The van der Waals surface area contributed by atoms with E-state index in [4.69, 9.17) is 4.74 Å². The van der Waals surface area contributed by atoms with Gasteiger partial charge in [0.15, 0.2) is 12.4 Å². The molecule has 0 bridgehead atoms. The van der Waals surface area contributed by atoms with Crippen LogP contribution in [0.2, 0.25) is 0 Å². The van der Waals surface area contributed by atoms with E-state index < -0.39 is 11.8 Å². The van der Waals surface area contributed by atoms with Crippen molar-refractivity contribution < 1.29 is 23.5 Å². The number of H-pyrrole nitrogens is 1. The van der Waals surface area contributed by atoms with Crippen LogP contribution in [0.4, 0.5) is 4.39 Å². The molecule has 6 rings (SSSR count). The van der Waals surface area contributed by atoms with E-state index in [0.29, 0.717) is 53.5 Å². The average molecular weight is 567 g/mol. The molecule has 9 heteroatoms. The lowest BCUT2D eigenvalue weighted by Gasteiger charge is -2.26. The number of carbonyl (C=O) groups excluding carboxylic acids is 3. The van der Waals surface area contributed by atoms with Crippen LogP contribution in [0, 0.1) is 12.7 Å². The number of aromatic amines is 1. The van der Waals surface area contributed by atoms with Gasteiger partial charge in [-0.2, -0.15) is 0 Å². The van der Waals surface area contributed by atoms with Gasteiger partial charge in [0.05, 0.1) is 5.69 Å². The lowest BCUT2D eigenvalue weighted by molar-refractivity contribution is -0.150. The summed E-state index contributed by atoms with van der Waals surface area (Å²) < 4.78 is 19.8. The highest BCUT2D eigenvalue weighted by atomic mass is 19.1. The van der Waals surface area contributed by atoms with Gasteiger partial charge in [0, 0.05) is 48.6 Å². The van der Waals surface area contributed by atoms with Crippen LogP contribution in [0.3, 0.4) is 0 Å². The van der Waals surface area contributed by atoms with Gasteiger partial charge >= 0.3 is 5.97 Å². The SMILES string of the molecule is CC(=O)OCC(=O)N1CC=C(c2cc3c(-c4cc(F)cc(CC(=O)c5ccc(C6CC6)cc5)c4C)ncnc3[nH]2)CC1. The number of hydrogen-bond acceptors (Lipinski definition) is 6. The van der Waals surface area contributed by atoms with E-state index in [1.54, 1.807) is 4.90 Å². The molecule has 3 heterocycles. The van der Waals surface area contributed by atoms with E-state index in [0.717, 1.165) is 22.2 Å². The molecule has 1 aliphatic heterocycles. The Labute approximate surface area is 242 Å². The molecule has 1 saturated carbocycles. The zero-order chi connectivity index (χ0) is 29.4. The molecule has 4 aromatic rings. The molecule has 0 saturated heterocycles. The first kappa shape index (κ1) is 27.5. The maximum absolute atomic E-state index is 15.0. The monoisotopic (exact) mass is 566 g/mol. The summed E-state index contributed by atoms with van der Waals surface area (Å²) in [4.78, 5) is 50.4. The minimum Gasteiger partial charge on any atom is -0.456 e. The third-order valence-corrected chi connectivity index (χ3v) is 8.10. The molecule has 2 aromatic carbocycles. The smallest absolute Gasteiger partial charge is 0.303 e. The number of halogens is 1. The Bertz CT molecular complexity index is 1740. The normalized spacial score (nSPS) is 15.0. The summed E-state index contributed by atoms with van der Waals surface area (Å²) >= 11 is 0. The van der Waals surface area contributed by atoms with Gasteiger partial charge in [0.1, 0.15) is 17.8 Å². The first-order valence-electron chi connectivity index (χ1n) is 14.1. The van der Waals surface area contributed by atoms with Crippen LogP contribution < -0.4 is 0 Å². The Morgan fingerprint density at radius 1 is 1.10 bits per heavy atom. The van der Waals surface area contributed by atoms with Crippen LogP contribution in [-0.4, -0.2) is 57.2 Å². The number of fused-ring (bicyclic) bond motifs is 1. The van der Waals surface area contributed by atoms with Crippen molar-refractivity contribution in [3.05, 3.63) is 88.6 Å². The molecular weight excluding hydrogens is 535 g/mol. The van der Waals surface area contributed by atoms with Gasteiger partial charge in [-0.25, -0.2) is 14.4 Å².